The average molecular weight is 320 g/mol. The molecular weight excluding hydrogens is 292 g/mol. The number of aryl methyl sites for hydroxylation is 2. The van der Waals surface area contributed by atoms with Crippen molar-refractivity contribution in [3.63, 3.8) is 0 Å². The van der Waals surface area contributed by atoms with Gasteiger partial charge in [0.25, 0.3) is 0 Å². The van der Waals surface area contributed by atoms with Crippen molar-refractivity contribution >= 4 is 16.6 Å². The highest BCUT2D eigenvalue weighted by atomic mass is 15.0. The number of hydrogen-bond acceptors (Lipinski definition) is 1. The molecule has 0 aliphatic heterocycles. The molecule has 0 saturated heterocycles. The summed E-state index contributed by atoms with van der Waals surface area (Å²) in [7, 11) is 2.10. The standard InChI is InChI=1S/C18H16N2.2C2H6/c1-20-17(12-14-8-5-11-19-18(14)20)16-10-4-7-13-6-2-3-9-15(13)16;2*1-2/h2-3,5-6,8-12H,4,7H2,1H3;2*1-2H3. The highest BCUT2D eigenvalue weighted by molar-refractivity contribution is 5.88. The number of allylic oxidation sites excluding steroid dienone is 1. The number of pyridine rings is 1. The first-order chi connectivity index (χ1) is 11.8. The largest absolute Gasteiger partial charge is 0.328 e. The third-order valence-corrected chi connectivity index (χ3v) is 4.13. The first-order valence-electron chi connectivity index (χ1n) is 9.04. The number of benzene rings is 1. The second kappa shape index (κ2) is 8.49. The Hall–Kier alpha value is -2.35. The number of rotatable bonds is 1. The number of nitrogens with zero attached hydrogens (tertiary/aromatic N) is 2. The number of fused-ring (bicyclic) bond motifs is 2. The molecule has 0 radical (unpaired) electrons. The summed E-state index contributed by atoms with van der Waals surface area (Å²) in [6, 6.07) is 15.1. The van der Waals surface area contributed by atoms with Crippen LogP contribution < -0.4 is 0 Å². The van der Waals surface area contributed by atoms with Gasteiger partial charge in [-0.1, -0.05) is 58.0 Å². The Labute approximate surface area is 145 Å². The van der Waals surface area contributed by atoms with Crippen molar-refractivity contribution in [3.05, 3.63) is 71.6 Å². The summed E-state index contributed by atoms with van der Waals surface area (Å²) in [6.07, 6.45) is 6.47. The lowest BCUT2D eigenvalue weighted by Crippen LogP contribution is -2.04. The van der Waals surface area contributed by atoms with Crippen LogP contribution >= 0.6 is 0 Å². The van der Waals surface area contributed by atoms with Crippen LogP contribution in [0.2, 0.25) is 0 Å². The van der Waals surface area contributed by atoms with Crippen LogP contribution in [0.4, 0.5) is 0 Å². The molecule has 1 aromatic carbocycles. The lowest BCUT2D eigenvalue weighted by Gasteiger charge is -2.18. The van der Waals surface area contributed by atoms with E-state index in [9.17, 15) is 0 Å². The minimum absolute atomic E-state index is 1.05. The normalized spacial score (nSPS) is 12.3. The zero-order valence-electron chi connectivity index (χ0n) is 15.5. The van der Waals surface area contributed by atoms with E-state index in [1.807, 2.05) is 40.0 Å². The van der Waals surface area contributed by atoms with Crippen LogP contribution in [-0.2, 0) is 13.5 Å². The lowest BCUT2D eigenvalue weighted by atomic mass is 9.89. The maximum absolute atomic E-state index is 4.49. The van der Waals surface area contributed by atoms with Gasteiger partial charge in [0, 0.05) is 24.2 Å². The van der Waals surface area contributed by atoms with E-state index < -0.39 is 0 Å². The molecule has 2 nitrogen and oxygen atoms in total. The van der Waals surface area contributed by atoms with Gasteiger partial charge in [-0.05, 0) is 42.2 Å². The highest BCUT2D eigenvalue weighted by Gasteiger charge is 2.17. The van der Waals surface area contributed by atoms with E-state index in [0.29, 0.717) is 0 Å². The molecule has 0 atom stereocenters. The zero-order valence-corrected chi connectivity index (χ0v) is 15.5. The van der Waals surface area contributed by atoms with E-state index in [1.54, 1.807) is 0 Å². The van der Waals surface area contributed by atoms with Gasteiger partial charge in [0.15, 0.2) is 0 Å². The van der Waals surface area contributed by atoms with Crippen molar-refractivity contribution in [2.45, 2.75) is 40.5 Å². The average Bonchev–Trinajstić information content (AvgIpc) is 3.01. The maximum atomic E-state index is 4.49. The van der Waals surface area contributed by atoms with E-state index in [-0.39, 0.29) is 0 Å². The second-order valence-corrected chi connectivity index (χ2v) is 5.32. The monoisotopic (exact) mass is 320 g/mol. The Morgan fingerprint density at radius 1 is 0.958 bits per heavy atom. The zero-order chi connectivity index (χ0) is 17.5. The molecule has 0 N–H and O–H groups in total. The fourth-order valence-electron chi connectivity index (χ4n) is 3.14. The minimum atomic E-state index is 1.05. The summed E-state index contributed by atoms with van der Waals surface area (Å²) in [5, 5.41) is 1.20. The predicted octanol–water partition coefficient (Wildman–Crippen LogP) is 6.00. The van der Waals surface area contributed by atoms with Crippen LogP contribution in [0, 0.1) is 0 Å². The quantitative estimate of drug-likeness (QED) is 0.537. The van der Waals surface area contributed by atoms with Gasteiger partial charge in [-0.3, -0.25) is 0 Å². The van der Waals surface area contributed by atoms with Crippen LogP contribution in [0.5, 0.6) is 0 Å². The summed E-state index contributed by atoms with van der Waals surface area (Å²) in [4.78, 5) is 4.49. The van der Waals surface area contributed by atoms with Gasteiger partial charge in [0.1, 0.15) is 5.65 Å². The van der Waals surface area contributed by atoms with Crippen molar-refractivity contribution in [1.29, 1.82) is 0 Å². The smallest absolute Gasteiger partial charge is 0.140 e. The van der Waals surface area contributed by atoms with Gasteiger partial charge in [-0.2, -0.15) is 0 Å². The molecule has 24 heavy (non-hydrogen) atoms. The molecular formula is C22H28N2. The van der Waals surface area contributed by atoms with Gasteiger partial charge < -0.3 is 4.57 Å². The van der Waals surface area contributed by atoms with E-state index in [4.69, 9.17) is 0 Å². The number of hydrogen-bond donors (Lipinski definition) is 0. The summed E-state index contributed by atoms with van der Waals surface area (Å²) < 4.78 is 2.20. The molecule has 1 aliphatic carbocycles. The predicted molar refractivity (Wildman–Crippen MR) is 105 cm³/mol. The van der Waals surface area contributed by atoms with Gasteiger partial charge in [-0.15, -0.1) is 0 Å². The third-order valence-electron chi connectivity index (χ3n) is 4.13. The second-order valence-electron chi connectivity index (χ2n) is 5.32. The molecule has 0 saturated carbocycles. The molecule has 0 bridgehead atoms. The molecule has 126 valence electrons. The SMILES string of the molecule is CC.CC.Cn1c(C2=CCCc3ccccc32)cc2cccnc21. The van der Waals surface area contributed by atoms with Crippen LogP contribution in [-0.4, -0.2) is 9.55 Å². The summed E-state index contributed by atoms with van der Waals surface area (Å²) in [5.41, 5.74) is 6.46. The Kier molecular flexibility index (Phi) is 6.36. The molecule has 0 spiro atoms. The molecule has 0 unspecified atom stereocenters. The molecule has 0 amide bonds. The van der Waals surface area contributed by atoms with Gasteiger partial charge >= 0.3 is 0 Å². The van der Waals surface area contributed by atoms with Crippen LogP contribution in [0.15, 0.2) is 54.7 Å². The van der Waals surface area contributed by atoms with Gasteiger partial charge in [-0.25, -0.2) is 4.98 Å². The molecule has 2 aromatic heterocycles. The first kappa shape index (κ1) is 18.0. The summed E-state index contributed by atoms with van der Waals surface area (Å²) in [5.74, 6) is 0. The van der Waals surface area contributed by atoms with Crippen molar-refractivity contribution in [2.24, 2.45) is 7.05 Å². The van der Waals surface area contributed by atoms with Crippen molar-refractivity contribution in [2.75, 3.05) is 0 Å². The number of aromatic nitrogens is 2. The van der Waals surface area contributed by atoms with Crippen LogP contribution in [0.25, 0.3) is 16.6 Å². The van der Waals surface area contributed by atoms with E-state index in [2.05, 4.69) is 59.1 Å². The van der Waals surface area contributed by atoms with Crippen LogP contribution in [0.1, 0.15) is 50.9 Å². The molecule has 2 heterocycles. The van der Waals surface area contributed by atoms with E-state index in [0.717, 1.165) is 18.5 Å². The fraction of sp³-hybridized carbons (Fsp3) is 0.318. The molecule has 1 aliphatic rings. The van der Waals surface area contributed by atoms with Crippen molar-refractivity contribution < 1.29 is 0 Å². The molecule has 0 fully saturated rings. The molecule has 4 rings (SSSR count). The van der Waals surface area contributed by atoms with Gasteiger partial charge in [0.05, 0.1) is 5.69 Å². The highest BCUT2D eigenvalue weighted by Crippen LogP contribution is 2.33. The Morgan fingerprint density at radius 2 is 1.71 bits per heavy atom. The summed E-state index contributed by atoms with van der Waals surface area (Å²) >= 11 is 0. The minimum Gasteiger partial charge on any atom is -0.328 e. The Balaban J connectivity index is 0.000000487. The third kappa shape index (κ3) is 3.28. The fourth-order valence-corrected chi connectivity index (χ4v) is 3.14. The van der Waals surface area contributed by atoms with Crippen molar-refractivity contribution in [3.8, 4) is 0 Å². The Bertz CT molecular complexity index is 825. The summed E-state index contributed by atoms with van der Waals surface area (Å²) in [6.45, 7) is 8.00. The topological polar surface area (TPSA) is 17.8 Å². The van der Waals surface area contributed by atoms with E-state index in [1.165, 1.54) is 27.8 Å². The maximum Gasteiger partial charge on any atom is 0.140 e. The lowest BCUT2D eigenvalue weighted by molar-refractivity contribution is 0.915. The Morgan fingerprint density at radius 3 is 2.46 bits per heavy atom. The molecule has 2 heteroatoms. The first-order valence-corrected chi connectivity index (χ1v) is 9.04. The van der Waals surface area contributed by atoms with Gasteiger partial charge in [0.2, 0.25) is 0 Å². The van der Waals surface area contributed by atoms with E-state index >= 15 is 0 Å². The molecule has 3 aromatic rings. The van der Waals surface area contributed by atoms with Crippen molar-refractivity contribution in [1.82, 2.24) is 9.55 Å². The van der Waals surface area contributed by atoms with Crippen LogP contribution in [0.3, 0.4) is 0 Å².